The van der Waals surface area contributed by atoms with E-state index in [4.69, 9.17) is 11.6 Å². The molecule has 0 spiro atoms. The van der Waals surface area contributed by atoms with Crippen molar-refractivity contribution in [3.8, 4) is 0 Å². The number of allylic oxidation sites excluding steroid dienone is 2. The molecular formula is C8H6BrClN2O. The SMILES string of the molecule is O=C1NC=N[C@H]2C=C(Br)C(Cl)=C[C@@H]12. The first-order chi connectivity index (χ1) is 6.18. The molecule has 68 valence electrons. The van der Waals surface area contributed by atoms with Gasteiger partial charge in [-0.2, -0.15) is 0 Å². The van der Waals surface area contributed by atoms with Crippen molar-refractivity contribution in [2.24, 2.45) is 10.9 Å². The first-order valence-corrected chi connectivity index (χ1v) is 4.92. The van der Waals surface area contributed by atoms with E-state index in [0.29, 0.717) is 5.03 Å². The molecule has 0 aromatic rings. The molecule has 0 saturated carbocycles. The number of amides is 1. The van der Waals surface area contributed by atoms with E-state index in [1.165, 1.54) is 6.34 Å². The fourth-order valence-corrected chi connectivity index (χ4v) is 1.92. The van der Waals surface area contributed by atoms with Gasteiger partial charge in [-0.25, -0.2) is 0 Å². The van der Waals surface area contributed by atoms with E-state index in [-0.39, 0.29) is 17.9 Å². The Bertz CT molecular complexity index is 348. The van der Waals surface area contributed by atoms with Crippen molar-refractivity contribution in [2.45, 2.75) is 6.04 Å². The molecule has 1 amide bonds. The van der Waals surface area contributed by atoms with E-state index in [0.717, 1.165) is 4.48 Å². The summed E-state index contributed by atoms with van der Waals surface area (Å²) >= 11 is 9.16. The van der Waals surface area contributed by atoms with Gasteiger partial charge >= 0.3 is 0 Å². The summed E-state index contributed by atoms with van der Waals surface area (Å²) in [5.41, 5.74) is 0. The zero-order chi connectivity index (χ0) is 9.42. The molecule has 0 bridgehead atoms. The van der Waals surface area contributed by atoms with E-state index in [1.54, 1.807) is 6.08 Å². The first-order valence-electron chi connectivity index (χ1n) is 3.75. The number of aliphatic imine (C=N–C) groups is 1. The highest BCUT2D eigenvalue weighted by Gasteiger charge is 2.30. The monoisotopic (exact) mass is 260 g/mol. The van der Waals surface area contributed by atoms with Gasteiger partial charge in [0.1, 0.15) is 0 Å². The Kier molecular flexibility index (Phi) is 2.26. The highest BCUT2D eigenvalue weighted by atomic mass is 79.9. The number of carbonyl (C=O) groups is 1. The average Bonchev–Trinajstić information content (AvgIpc) is 2.09. The molecule has 1 N–H and O–H groups in total. The maximum absolute atomic E-state index is 11.3. The van der Waals surface area contributed by atoms with Crippen molar-refractivity contribution in [2.75, 3.05) is 0 Å². The van der Waals surface area contributed by atoms with Crippen LogP contribution in [0.15, 0.2) is 26.7 Å². The number of rotatable bonds is 0. The topological polar surface area (TPSA) is 41.5 Å². The van der Waals surface area contributed by atoms with Gasteiger partial charge in [-0.05, 0) is 28.1 Å². The van der Waals surface area contributed by atoms with Crippen molar-refractivity contribution in [3.63, 3.8) is 0 Å². The Balaban J connectivity index is 2.38. The predicted octanol–water partition coefficient (Wildman–Crippen LogP) is 1.54. The van der Waals surface area contributed by atoms with E-state index < -0.39 is 0 Å². The fraction of sp³-hybridized carbons (Fsp3) is 0.250. The largest absolute Gasteiger partial charge is 0.317 e. The van der Waals surface area contributed by atoms with Gasteiger partial charge in [-0.15, -0.1) is 0 Å². The van der Waals surface area contributed by atoms with Crippen LogP contribution >= 0.6 is 27.5 Å². The summed E-state index contributed by atoms with van der Waals surface area (Å²) in [6.07, 6.45) is 4.97. The summed E-state index contributed by atoms with van der Waals surface area (Å²) in [5, 5.41) is 3.10. The van der Waals surface area contributed by atoms with Gasteiger partial charge in [-0.3, -0.25) is 9.79 Å². The summed E-state index contributed by atoms with van der Waals surface area (Å²) in [5.74, 6) is -0.326. The van der Waals surface area contributed by atoms with Crippen LogP contribution in [0.5, 0.6) is 0 Å². The number of nitrogens with zero attached hydrogens (tertiary/aromatic N) is 1. The Morgan fingerprint density at radius 1 is 1.54 bits per heavy atom. The molecular weight excluding hydrogens is 255 g/mol. The third-order valence-electron chi connectivity index (χ3n) is 2.00. The molecule has 0 aromatic carbocycles. The predicted molar refractivity (Wildman–Crippen MR) is 54.9 cm³/mol. The summed E-state index contributed by atoms with van der Waals surface area (Å²) in [7, 11) is 0. The van der Waals surface area contributed by atoms with Gasteiger partial charge < -0.3 is 5.32 Å². The molecule has 3 nitrogen and oxygen atoms in total. The lowest BCUT2D eigenvalue weighted by atomic mass is 9.94. The molecule has 2 aliphatic rings. The Labute approximate surface area is 88.7 Å². The molecule has 13 heavy (non-hydrogen) atoms. The Morgan fingerprint density at radius 3 is 3.08 bits per heavy atom. The van der Waals surface area contributed by atoms with E-state index in [1.807, 2.05) is 6.08 Å². The highest BCUT2D eigenvalue weighted by molar-refractivity contribution is 9.12. The number of fused-ring (bicyclic) bond motifs is 1. The second-order valence-corrected chi connectivity index (χ2v) is 4.09. The number of hydrogen-bond acceptors (Lipinski definition) is 2. The van der Waals surface area contributed by atoms with Gasteiger partial charge in [0.15, 0.2) is 0 Å². The minimum atomic E-state index is -0.265. The lowest BCUT2D eigenvalue weighted by Crippen LogP contribution is -2.40. The van der Waals surface area contributed by atoms with Crippen LogP contribution in [0, 0.1) is 5.92 Å². The third-order valence-corrected chi connectivity index (χ3v) is 3.24. The fourth-order valence-electron chi connectivity index (χ4n) is 1.32. The summed E-state index contributed by atoms with van der Waals surface area (Å²) in [6.45, 7) is 0. The second-order valence-electron chi connectivity index (χ2n) is 2.83. The minimum Gasteiger partial charge on any atom is -0.317 e. The van der Waals surface area contributed by atoms with Crippen molar-refractivity contribution < 1.29 is 4.79 Å². The minimum absolute atomic E-state index is 0.0607. The lowest BCUT2D eigenvalue weighted by molar-refractivity contribution is -0.122. The molecule has 1 aliphatic heterocycles. The summed E-state index contributed by atoms with van der Waals surface area (Å²) in [6, 6.07) is -0.120. The smallest absolute Gasteiger partial charge is 0.234 e. The maximum Gasteiger partial charge on any atom is 0.234 e. The molecule has 1 aliphatic carbocycles. The molecule has 0 radical (unpaired) electrons. The molecule has 0 saturated heterocycles. The van der Waals surface area contributed by atoms with Gasteiger partial charge in [0.2, 0.25) is 5.91 Å². The number of hydrogen-bond donors (Lipinski definition) is 1. The van der Waals surface area contributed by atoms with E-state index >= 15 is 0 Å². The highest BCUT2D eigenvalue weighted by Crippen LogP contribution is 2.32. The van der Waals surface area contributed by atoms with Gasteiger partial charge in [-0.1, -0.05) is 11.6 Å². The van der Waals surface area contributed by atoms with Gasteiger partial charge in [0.05, 0.1) is 23.3 Å². The zero-order valence-electron chi connectivity index (χ0n) is 6.50. The molecule has 2 rings (SSSR count). The van der Waals surface area contributed by atoms with E-state index in [9.17, 15) is 4.79 Å². The summed E-state index contributed by atoms with van der Waals surface area (Å²) < 4.78 is 0.794. The molecule has 0 unspecified atom stereocenters. The number of nitrogens with one attached hydrogen (secondary N) is 1. The first kappa shape index (κ1) is 8.97. The lowest BCUT2D eigenvalue weighted by Gasteiger charge is -2.24. The van der Waals surface area contributed by atoms with Crippen molar-refractivity contribution in [1.29, 1.82) is 0 Å². The average molecular weight is 262 g/mol. The normalized spacial score (nSPS) is 31.7. The van der Waals surface area contributed by atoms with E-state index in [2.05, 4.69) is 26.2 Å². The van der Waals surface area contributed by atoms with Crippen LogP contribution in [0.4, 0.5) is 0 Å². The van der Waals surface area contributed by atoms with Crippen LogP contribution in [0.3, 0.4) is 0 Å². The van der Waals surface area contributed by atoms with Gasteiger partial charge in [0.25, 0.3) is 0 Å². The maximum atomic E-state index is 11.3. The number of carbonyl (C=O) groups excluding carboxylic acids is 1. The van der Waals surface area contributed by atoms with Gasteiger partial charge in [0, 0.05) is 4.48 Å². The van der Waals surface area contributed by atoms with Crippen LogP contribution in [-0.2, 0) is 4.79 Å². The quantitative estimate of drug-likeness (QED) is 0.706. The van der Waals surface area contributed by atoms with Crippen molar-refractivity contribution in [1.82, 2.24) is 5.32 Å². The number of halogens is 2. The third kappa shape index (κ3) is 1.56. The standard InChI is InChI=1S/C8H6BrClN2O/c9-5-2-7-4(1-6(5)10)8(13)12-3-11-7/h1-4,7H,(H,11,12,13)/t4-,7+/m1/s1. The zero-order valence-corrected chi connectivity index (χ0v) is 8.84. The molecule has 0 fully saturated rings. The summed E-state index contributed by atoms with van der Waals surface area (Å²) in [4.78, 5) is 15.5. The van der Waals surface area contributed by atoms with Crippen LogP contribution in [0.1, 0.15) is 0 Å². The molecule has 2 atom stereocenters. The van der Waals surface area contributed by atoms with Crippen LogP contribution in [0.25, 0.3) is 0 Å². The Morgan fingerprint density at radius 2 is 2.31 bits per heavy atom. The second kappa shape index (κ2) is 3.27. The van der Waals surface area contributed by atoms with Crippen LogP contribution < -0.4 is 5.32 Å². The van der Waals surface area contributed by atoms with Crippen molar-refractivity contribution in [3.05, 3.63) is 21.7 Å². The van der Waals surface area contributed by atoms with Crippen molar-refractivity contribution >= 4 is 39.8 Å². The molecule has 5 heteroatoms. The Hall–Kier alpha value is -0.610. The molecule has 1 heterocycles. The van der Waals surface area contributed by atoms with Crippen LogP contribution in [-0.4, -0.2) is 18.3 Å². The molecule has 0 aromatic heterocycles. The van der Waals surface area contributed by atoms with Crippen LogP contribution in [0.2, 0.25) is 0 Å².